The van der Waals surface area contributed by atoms with Gasteiger partial charge in [-0.25, -0.2) is 3.11 Å². The van der Waals surface area contributed by atoms with Crippen molar-refractivity contribution in [2.45, 2.75) is 25.0 Å². The van der Waals surface area contributed by atoms with Gasteiger partial charge in [0.2, 0.25) is 0 Å². The van der Waals surface area contributed by atoms with Crippen molar-refractivity contribution in [2.75, 3.05) is 18.8 Å². The molecule has 1 saturated heterocycles. The highest BCUT2D eigenvalue weighted by atomic mass is 127. The van der Waals surface area contributed by atoms with Crippen LogP contribution in [-0.4, -0.2) is 27.2 Å². The fourth-order valence-electron chi connectivity index (χ4n) is 1.23. The van der Waals surface area contributed by atoms with Gasteiger partial charge < -0.3 is 0 Å². The zero-order valence-electron chi connectivity index (χ0n) is 6.35. The van der Waals surface area contributed by atoms with Gasteiger partial charge in [-0.2, -0.15) is 11.8 Å². The normalized spacial score (nSPS) is 23.4. The first kappa shape index (κ1) is 9.13. The van der Waals surface area contributed by atoms with Crippen LogP contribution in [0.5, 0.6) is 0 Å². The smallest absolute Gasteiger partial charge is 0.0201 e. The van der Waals surface area contributed by atoms with Crippen LogP contribution in [0.25, 0.3) is 0 Å². The highest BCUT2D eigenvalue weighted by molar-refractivity contribution is 14.1. The molecule has 1 fully saturated rings. The van der Waals surface area contributed by atoms with Gasteiger partial charge in [0.15, 0.2) is 0 Å². The number of rotatable bonds is 2. The summed E-state index contributed by atoms with van der Waals surface area (Å²) in [5.41, 5.74) is 0. The maximum atomic E-state index is 2.42. The lowest BCUT2D eigenvalue weighted by atomic mass is 10.2. The largest absolute Gasteiger partial charge is 0.247 e. The van der Waals surface area contributed by atoms with E-state index in [1.54, 1.807) is 0 Å². The molecule has 0 aromatic carbocycles. The van der Waals surface area contributed by atoms with E-state index in [9.17, 15) is 0 Å². The van der Waals surface area contributed by atoms with Crippen molar-refractivity contribution >= 4 is 34.6 Å². The van der Waals surface area contributed by atoms with Crippen molar-refractivity contribution in [2.24, 2.45) is 0 Å². The van der Waals surface area contributed by atoms with Gasteiger partial charge in [0, 0.05) is 41.2 Å². The Morgan fingerprint density at radius 1 is 1.50 bits per heavy atom. The van der Waals surface area contributed by atoms with Crippen LogP contribution >= 0.6 is 34.6 Å². The third-order valence-electron chi connectivity index (χ3n) is 1.79. The molecule has 1 aliphatic heterocycles. The number of halogens is 1. The summed E-state index contributed by atoms with van der Waals surface area (Å²) in [4.78, 5) is 0. The van der Waals surface area contributed by atoms with Gasteiger partial charge in [-0.1, -0.05) is 6.92 Å². The van der Waals surface area contributed by atoms with Crippen LogP contribution in [-0.2, 0) is 0 Å². The second-order valence-electron chi connectivity index (χ2n) is 2.56. The molecule has 3 heteroatoms. The second-order valence-corrected chi connectivity index (χ2v) is 5.51. The monoisotopic (exact) mass is 271 g/mol. The van der Waals surface area contributed by atoms with Crippen molar-refractivity contribution in [1.29, 1.82) is 0 Å². The number of thioether (sulfide) groups is 1. The molecule has 0 amide bonds. The maximum Gasteiger partial charge on any atom is 0.0201 e. The zero-order chi connectivity index (χ0) is 7.40. The van der Waals surface area contributed by atoms with Crippen LogP contribution in [0.4, 0.5) is 0 Å². The Bertz CT molecular complexity index is 91.6. The first-order chi connectivity index (χ1) is 4.83. The highest BCUT2D eigenvalue weighted by Crippen LogP contribution is 2.24. The summed E-state index contributed by atoms with van der Waals surface area (Å²) in [6.07, 6.45) is 2.78. The van der Waals surface area contributed by atoms with E-state index in [-0.39, 0.29) is 0 Å². The molecule has 1 rings (SSSR count). The van der Waals surface area contributed by atoms with E-state index in [2.05, 4.69) is 44.7 Å². The Kier molecular flexibility index (Phi) is 4.41. The number of hydrogen-bond acceptors (Lipinski definition) is 2. The summed E-state index contributed by atoms with van der Waals surface area (Å²) >= 11 is 4.54. The Labute approximate surface area is 81.4 Å². The minimum absolute atomic E-state index is 0.955. The molecular weight excluding hydrogens is 257 g/mol. The van der Waals surface area contributed by atoms with Crippen molar-refractivity contribution in [3.63, 3.8) is 0 Å². The Balaban J connectivity index is 2.13. The Hall–Kier alpha value is 1.04. The van der Waals surface area contributed by atoms with Gasteiger partial charge >= 0.3 is 0 Å². The van der Waals surface area contributed by atoms with Crippen LogP contribution in [0, 0.1) is 0 Å². The number of hydrogen-bond donors (Lipinski definition) is 0. The molecule has 0 radical (unpaired) electrons. The fraction of sp³-hybridized carbons (Fsp3) is 1.00. The molecule has 0 aromatic heterocycles. The van der Waals surface area contributed by atoms with Gasteiger partial charge in [0.25, 0.3) is 0 Å². The van der Waals surface area contributed by atoms with Crippen LogP contribution in [0.15, 0.2) is 0 Å². The molecular formula is C7H14INS. The number of nitrogens with zero attached hydrogens (tertiary/aromatic N) is 1. The molecule has 1 aliphatic rings. The third kappa shape index (κ3) is 2.96. The van der Waals surface area contributed by atoms with Gasteiger partial charge in [-0.05, 0) is 18.6 Å². The Morgan fingerprint density at radius 3 is 2.60 bits per heavy atom. The molecule has 0 atom stereocenters. The predicted octanol–water partition coefficient (Wildman–Crippen LogP) is 2.55. The quantitative estimate of drug-likeness (QED) is 0.561. The minimum Gasteiger partial charge on any atom is -0.247 e. The molecule has 0 saturated carbocycles. The molecule has 10 heavy (non-hydrogen) atoms. The zero-order valence-corrected chi connectivity index (χ0v) is 9.32. The molecule has 1 heterocycles. The van der Waals surface area contributed by atoms with Crippen molar-refractivity contribution in [1.82, 2.24) is 3.11 Å². The third-order valence-corrected chi connectivity index (χ3v) is 4.03. The maximum absolute atomic E-state index is 2.42. The lowest BCUT2D eigenvalue weighted by Crippen LogP contribution is -2.27. The lowest BCUT2D eigenvalue weighted by molar-refractivity contribution is 0.415. The number of piperidine rings is 1. The van der Waals surface area contributed by atoms with Crippen molar-refractivity contribution in [3.05, 3.63) is 0 Å². The van der Waals surface area contributed by atoms with E-state index in [4.69, 9.17) is 0 Å². The first-order valence-corrected chi connectivity index (χ1v) is 5.86. The van der Waals surface area contributed by atoms with Gasteiger partial charge in [-0.3, -0.25) is 0 Å². The van der Waals surface area contributed by atoms with E-state index < -0.39 is 0 Å². The summed E-state index contributed by atoms with van der Waals surface area (Å²) in [6.45, 7) is 4.83. The second kappa shape index (κ2) is 4.83. The molecule has 0 aromatic rings. The summed E-state index contributed by atoms with van der Waals surface area (Å²) in [6, 6.07) is 0. The van der Waals surface area contributed by atoms with Crippen LogP contribution in [0.2, 0.25) is 0 Å². The molecule has 0 bridgehead atoms. The van der Waals surface area contributed by atoms with E-state index in [1.165, 1.54) is 31.7 Å². The predicted molar refractivity (Wildman–Crippen MR) is 56.7 cm³/mol. The molecule has 0 unspecified atom stereocenters. The lowest BCUT2D eigenvalue weighted by Gasteiger charge is -2.26. The van der Waals surface area contributed by atoms with Crippen LogP contribution in [0.3, 0.4) is 0 Å². The van der Waals surface area contributed by atoms with Crippen LogP contribution < -0.4 is 0 Å². The highest BCUT2D eigenvalue weighted by Gasteiger charge is 2.16. The van der Waals surface area contributed by atoms with E-state index in [0.29, 0.717) is 0 Å². The summed E-state index contributed by atoms with van der Waals surface area (Å²) in [5, 5.41) is 0.955. The van der Waals surface area contributed by atoms with Gasteiger partial charge in [0.05, 0.1) is 0 Å². The van der Waals surface area contributed by atoms with E-state index in [0.717, 1.165) is 5.25 Å². The summed E-state index contributed by atoms with van der Waals surface area (Å²) < 4.78 is 2.39. The van der Waals surface area contributed by atoms with Crippen molar-refractivity contribution < 1.29 is 0 Å². The van der Waals surface area contributed by atoms with Crippen LogP contribution in [0.1, 0.15) is 19.8 Å². The molecule has 0 N–H and O–H groups in total. The van der Waals surface area contributed by atoms with Gasteiger partial charge in [-0.15, -0.1) is 0 Å². The fourth-order valence-corrected chi connectivity index (χ4v) is 2.80. The summed E-state index contributed by atoms with van der Waals surface area (Å²) in [5.74, 6) is 1.28. The minimum atomic E-state index is 0.955. The molecule has 1 nitrogen and oxygen atoms in total. The SMILES string of the molecule is CCSC1CCN(I)CC1. The standard InChI is InChI=1S/C7H14INS/c1-2-10-7-3-5-9(8)6-4-7/h7H,2-6H2,1H3. The topological polar surface area (TPSA) is 3.24 Å². The Morgan fingerprint density at radius 2 is 2.10 bits per heavy atom. The average molecular weight is 271 g/mol. The van der Waals surface area contributed by atoms with E-state index >= 15 is 0 Å². The molecule has 0 aliphatic carbocycles. The van der Waals surface area contributed by atoms with Crippen molar-refractivity contribution in [3.8, 4) is 0 Å². The first-order valence-electron chi connectivity index (χ1n) is 3.85. The molecule has 60 valence electrons. The van der Waals surface area contributed by atoms with E-state index in [1.807, 2.05) is 0 Å². The average Bonchev–Trinajstić information content (AvgIpc) is 1.95. The van der Waals surface area contributed by atoms with Gasteiger partial charge in [0.1, 0.15) is 0 Å². The molecule has 0 spiro atoms. The summed E-state index contributed by atoms with van der Waals surface area (Å²) in [7, 11) is 0.